The van der Waals surface area contributed by atoms with Crippen molar-refractivity contribution in [2.75, 3.05) is 13.7 Å². The quantitative estimate of drug-likeness (QED) is 0.576. The molecular formula is C7H12O4. The van der Waals surface area contributed by atoms with E-state index in [-0.39, 0.29) is 12.2 Å². The van der Waals surface area contributed by atoms with Crippen LogP contribution in [0.5, 0.6) is 0 Å². The van der Waals surface area contributed by atoms with Crippen molar-refractivity contribution in [1.82, 2.24) is 0 Å². The largest absolute Gasteiger partial charge is 0.509 e. The summed E-state index contributed by atoms with van der Waals surface area (Å²) in [5.41, 5.74) is 0. The lowest BCUT2D eigenvalue weighted by atomic mass is 10.2. The first-order valence-electron chi connectivity index (χ1n) is 3.60. The predicted molar refractivity (Wildman–Crippen MR) is 37.3 cm³/mol. The smallest absolute Gasteiger partial charge is 0.427 e. The first-order valence-corrected chi connectivity index (χ1v) is 3.60. The number of hydrogen-bond acceptors (Lipinski definition) is 4. The maximum Gasteiger partial charge on any atom is 0.509 e. The fraction of sp³-hybridized carbons (Fsp3) is 0.857. The molecule has 0 aromatic heterocycles. The van der Waals surface area contributed by atoms with Gasteiger partial charge in [-0.15, -0.1) is 0 Å². The highest BCUT2D eigenvalue weighted by molar-refractivity contribution is 5.62. The molecule has 1 rings (SSSR count). The number of methoxy groups -OCH3 is 1. The fourth-order valence-electron chi connectivity index (χ4n) is 1.00. The van der Waals surface area contributed by atoms with Gasteiger partial charge in [-0.3, -0.25) is 0 Å². The number of hydrogen-bond donors (Lipinski definition) is 0. The number of rotatable bonds is 3. The summed E-state index contributed by atoms with van der Waals surface area (Å²) >= 11 is 0. The van der Waals surface area contributed by atoms with Gasteiger partial charge >= 0.3 is 6.16 Å². The number of carbonyl (C=O) groups is 1. The van der Waals surface area contributed by atoms with Crippen molar-refractivity contribution in [1.29, 1.82) is 0 Å². The lowest BCUT2D eigenvalue weighted by Gasteiger charge is -2.09. The molecule has 1 fully saturated rings. The van der Waals surface area contributed by atoms with Crippen LogP contribution in [-0.4, -0.2) is 32.1 Å². The summed E-state index contributed by atoms with van der Waals surface area (Å²) in [5, 5.41) is 0. The summed E-state index contributed by atoms with van der Waals surface area (Å²) in [6.45, 7) is 2.40. The van der Waals surface area contributed by atoms with Gasteiger partial charge in [0.15, 0.2) is 0 Å². The average molecular weight is 160 g/mol. The third-order valence-corrected chi connectivity index (χ3v) is 1.66. The predicted octanol–water partition coefficient (Wildman–Crippen LogP) is 0.947. The van der Waals surface area contributed by atoms with Crippen LogP contribution in [0.4, 0.5) is 4.79 Å². The molecule has 4 heteroatoms. The number of cyclic esters (lactones) is 2. The second kappa shape index (κ2) is 3.57. The Morgan fingerprint density at radius 2 is 2.27 bits per heavy atom. The Bertz CT molecular complexity index is 145. The van der Waals surface area contributed by atoms with E-state index >= 15 is 0 Å². The normalized spacial score (nSPS) is 29.8. The molecule has 0 amide bonds. The van der Waals surface area contributed by atoms with E-state index in [4.69, 9.17) is 14.2 Å². The topological polar surface area (TPSA) is 44.8 Å². The van der Waals surface area contributed by atoms with E-state index in [0.717, 1.165) is 0 Å². The molecule has 0 aliphatic carbocycles. The van der Waals surface area contributed by atoms with Crippen molar-refractivity contribution >= 4 is 6.16 Å². The molecule has 4 nitrogen and oxygen atoms in total. The molecule has 1 heterocycles. The summed E-state index contributed by atoms with van der Waals surface area (Å²) in [5.74, 6) is 0. The Morgan fingerprint density at radius 3 is 2.73 bits per heavy atom. The SMILES string of the molecule is COCCC1OC(=O)OC1C. The van der Waals surface area contributed by atoms with Crippen molar-refractivity contribution < 1.29 is 19.0 Å². The first kappa shape index (κ1) is 8.33. The first-order chi connectivity index (χ1) is 5.24. The molecule has 11 heavy (non-hydrogen) atoms. The molecule has 2 atom stereocenters. The van der Waals surface area contributed by atoms with Crippen LogP contribution in [0.2, 0.25) is 0 Å². The van der Waals surface area contributed by atoms with Crippen molar-refractivity contribution in [2.45, 2.75) is 25.6 Å². The van der Waals surface area contributed by atoms with Gasteiger partial charge in [0.05, 0.1) is 0 Å². The summed E-state index contributed by atoms with van der Waals surface area (Å²) in [7, 11) is 1.61. The van der Waals surface area contributed by atoms with E-state index in [0.29, 0.717) is 13.0 Å². The number of carbonyl (C=O) groups excluding carboxylic acids is 1. The lowest BCUT2D eigenvalue weighted by molar-refractivity contribution is 0.0981. The van der Waals surface area contributed by atoms with E-state index < -0.39 is 6.16 Å². The Morgan fingerprint density at radius 1 is 1.55 bits per heavy atom. The van der Waals surface area contributed by atoms with Crippen LogP contribution in [0.3, 0.4) is 0 Å². The van der Waals surface area contributed by atoms with Crippen LogP contribution < -0.4 is 0 Å². The van der Waals surface area contributed by atoms with E-state index in [1.807, 2.05) is 6.92 Å². The molecule has 0 aromatic carbocycles. The highest BCUT2D eigenvalue weighted by atomic mass is 16.8. The van der Waals surface area contributed by atoms with Gasteiger partial charge in [0.1, 0.15) is 12.2 Å². The van der Waals surface area contributed by atoms with Gasteiger partial charge < -0.3 is 14.2 Å². The maximum absolute atomic E-state index is 10.5. The van der Waals surface area contributed by atoms with Gasteiger partial charge in [0.25, 0.3) is 0 Å². The molecule has 0 bridgehead atoms. The van der Waals surface area contributed by atoms with Gasteiger partial charge in [-0.25, -0.2) is 4.79 Å². The zero-order chi connectivity index (χ0) is 8.27. The van der Waals surface area contributed by atoms with Crippen LogP contribution in [0.15, 0.2) is 0 Å². The Hall–Kier alpha value is -0.770. The molecule has 0 radical (unpaired) electrons. The fourth-order valence-corrected chi connectivity index (χ4v) is 1.00. The van der Waals surface area contributed by atoms with Gasteiger partial charge in [0, 0.05) is 20.1 Å². The second-order valence-electron chi connectivity index (χ2n) is 2.51. The summed E-state index contributed by atoms with van der Waals surface area (Å²) in [6.07, 6.45) is -0.151. The molecular weight excluding hydrogens is 148 g/mol. The molecule has 2 unspecified atom stereocenters. The number of ether oxygens (including phenoxy) is 3. The third kappa shape index (κ3) is 2.08. The Labute approximate surface area is 65.4 Å². The van der Waals surface area contributed by atoms with E-state index in [1.54, 1.807) is 7.11 Å². The summed E-state index contributed by atoms with van der Waals surface area (Å²) < 4.78 is 14.4. The third-order valence-electron chi connectivity index (χ3n) is 1.66. The monoisotopic (exact) mass is 160 g/mol. The molecule has 64 valence electrons. The van der Waals surface area contributed by atoms with Gasteiger partial charge in [-0.1, -0.05) is 0 Å². The lowest BCUT2D eigenvalue weighted by Crippen LogP contribution is -2.20. The van der Waals surface area contributed by atoms with E-state index in [1.165, 1.54) is 0 Å². The molecule has 1 aliphatic rings. The van der Waals surface area contributed by atoms with Crippen molar-refractivity contribution in [3.63, 3.8) is 0 Å². The van der Waals surface area contributed by atoms with Gasteiger partial charge in [-0.05, 0) is 6.92 Å². The second-order valence-corrected chi connectivity index (χ2v) is 2.51. The average Bonchev–Trinajstić information content (AvgIpc) is 2.26. The van der Waals surface area contributed by atoms with Crippen molar-refractivity contribution in [3.8, 4) is 0 Å². The van der Waals surface area contributed by atoms with Crippen LogP contribution in [0.1, 0.15) is 13.3 Å². The van der Waals surface area contributed by atoms with Gasteiger partial charge in [0.2, 0.25) is 0 Å². The molecule has 0 N–H and O–H groups in total. The van der Waals surface area contributed by atoms with Crippen LogP contribution in [0, 0.1) is 0 Å². The maximum atomic E-state index is 10.5. The highest BCUT2D eigenvalue weighted by Crippen LogP contribution is 2.17. The Kier molecular flexibility index (Phi) is 2.70. The summed E-state index contributed by atoms with van der Waals surface area (Å²) in [6, 6.07) is 0. The zero-order valence-corrected chi connectivity index (χ0v) is 6.70. The highest BCUT2D eigenvalue weighted by Gasteiger charge is 2.32. The van der Waals surface area contributed by atoms with E-state index in [9.17, 15) is 4.79 Å². The molecule has 0 spiro atoms. The molecule has 0 aromatic rings. The molecule has 1 aliphatic heterocycles. The van der Waals surface area contributed by atoms with Gasteiger partial charge in [-0.2, -0.15) is 0 Å². The minimum absolute atomic E-state index is 0.137. The van der Waals surface area contributed by atoms with E-state index in [2.05, 4.69) is 0 Å². The van der Waals surface area contributed by atoms with Crippen LogP contribution in [0.25, 0.3) is 0 Å². The van der Waals surface area contributed by atoms with Crippen molar-refractivity contribution in [3.05, 3.63) is 0 Å². The van der Waals surface area contributed by atoms with Crippen molar-refractivity contribution in [2.24, 2.45) is 0 Å². The zero-order valence-electron chi connectivity index (χ0n) is 6.70. The summed E-state index contributed by atoms with van der Waals surface area (Å²) in [4.78, 5) is 10.5. The van der Waals surface area contributed by atoms with Crippen LogP contribution in [-0.2, 0) is 14.2 Å². The Balaban J connectivity index is 2.28. The standard InChI is InChI=1S/C7H12O4/c1-5-6(3-4-9-2)11-7(8)10-5/h5-6H,3-4H2,1-2H3. The minimum atomic E-state index is -0.571. The minimum Gasteiger partial charge on any atom is -0.427 e. The van der Waals surface area contributed by atoms with Crippen LogP contribution >= 0.6 is 0 Å². The molecule has 1 saturated heterocycles. The molecule has 0 saturated carbocycles.